The maximum atomic E-state index is 11.4. The molecule has 3 nitrogen and oxygen atoms in total. The molecular weight excluding hydrogens is 174 g/mol. The van der Waals surface area contributed by atoms with Gasteiger partial charge in [-0.2, -0.15) is 4.55 Å². The van der Waals surface area contributed by atoms with Crippen molar-refractivity contribution in [1.82, 2.24) is 0 Å². The molecule has 1 aromatic rings. The van der Waals surface area contributed by atoms with Gasteiger partial charge in [-0.1, -0.05) is 4.21 Å². The fourth-order valence-corrected chi connectivity index (χ4v) is 1.74. The van der Waals surface area contributed by atoms with Crippen molar-refractivity contribution in [1.29, 1.82) is 0 Å². The molecule has 12 heavy (non-hydrogen) atoms. The van der Waals surface area contributed by atoms with Gasteiger partial charge in [0.1, 0.15) is 5.75 Å². The zero-order valence-corrected chi connectivity index (χ0v) is 7.67. The fraction of sp³-hybridized carbons (Fsp3) is 0.250. The van der Waals surface area contributed by atoms with E-state index in [2.05, 4.69) is 0 Å². The molecule has 0 spiro atoms. The summed E-state index contributed by atoms with van der Waals surface area (Å²) in [5, 5.41) is 0. The molecule has 0 fully saturated rings. The molecule has 3 N–H and O–H groups in total. The first kappa shape index (κ1) is 9.22. The zero-order valence-electron chi connectivity index (χ0n) is 6.86. The highest BCUT2D eigenvalue weighted by molar-refractivity contribution is 7.97. The molecule has 1 atom stereocenters. The first-order chi connectivity index (χ1) is 5.56. The second-order valence-corrected chi connectivity index (χ2v) is 4.83. The van der Waals surface area contributed by atoms with Crippen molar-refractivity contribution in [3.8, 4) is 0 Å². The standard InChI is InChI=1S/C8H11NO2S/c1-2-12(10,11)8-5-3-7(9)4-6-8/h3-6H,2,9H2,1H3/p+1. The van der Waals surface area contributed by atoms with Gasteiger partial charge in [-0.25, -0.2) is 0 Å². The van der Waals surface area contributed by atoms with Crippen LogP contribution in [-0.2, 0) is 14.4 Å². The summed E-state index contributed by atoms with van der Waals surface area (Å²) < 4.78 is 20.8. The lowest BCUT2D eigenvalue weighted by molar-refractivity contribution is 0.498. The predicted molar refractivity (Wildman–Crippen MR) is 50.3 cm³/mol. The third kappa shape index (κ3) is 1.84. The van der Waals surface area contributed by atoms with Crippen molar-refractivity contribution in [3.63, 3.8) is 0 Å². The van der Waals surface area contributed by atoms with Gasteiger partial charge in [0.2, 0.25) is 10.2 Å². The van der Waals surface area contributed by atoms with E-state index in [-0.39, 0.29) is 5.75 Å². The number of hydrogen-bond acceptors (Lipinski definition) is 2. The minimum absolute atomic E-state index is 0.233. The summed E-state index contributed by atoms with van der Waals surface area (Å²) in [6.45, 7) is 1.68. The van der Waals surface area contributed by atoms with E-state index in [1.54, 1.807) is 31.2 Å². The summed E-state index contributed by atoms with van der Waals surface area (Å²) in [7, 11) is -2.82. The van der Waals surface area contributed by atoms with Crippen LogP contribution in [0.4, 0.5) is 5.69 Å². The second-order valence-electron chi connectivity index (χ2n) is 2.50. The number of rotatable bonds is 2. The average molecular weight is 186 g/mol. The third-order valence-corrected chi connectivity index (χ3v) is 3.43. The summed E-state index contributed by atoms with van der Waals surface area (Å²) >= 11 is 0. The molecular formula is C8H12NO2S+. The Hall–Kier alpha value is -0.870. The van der Waals surface area contributed by atoms with Gasteiger partial charge in [0.15, 0.2) is 4.90 Å². The minimum Gasteiger partial charge on any atom is -0.399 e. The van der Waals surface area contributed by atoms with Gasteiger partial charge in [0.05, 0.1) is 0 Å². The van der Waals surface area contributed by atoms with Crippen molar-refractivity contribution in [2.45, 2.75) is 11.8 Å². The quantitative estimate of drug-likeness (QED) is 0.545. The van der Waals surface area contributed by atoms with Crippen molar-refractivity contribution in [2.24, 2.45) is 0 Å². The van der Waals surface area contributed by atoms with Gasteiger partial charge in [0.25, 0.3) is 0 Å². The zero-order chi connectivity index (χ0) is 9.19. The highest BCUT2D eigenvalue weighted by atomic mass is 32.3. The number of anilines is 1. The normalized spacial score (nSPS) is 15.5. The Bertz CT molecular complexity index is 307. The van der Waals surface area contributed by atoms with E-state index in [9.17, 15) is 8.76 Å². The van der Waals surface area contributed by atoms with Crippen LogP contribution in [0.1, 0.15) is 6.92 Å². The van der Waals surface area contributed by atoms with Crippen LogP contribution in [0.5, 0.6) is 0 Å². The van der Waals surface area contributed by atoms with Crippen LogP contribution in [0.3, 0.4) is 0 Å². The van der Waals surface area contributed by atoms with Gasteiger partial charge >= 0.3 is 0 Å². The van der Waals surface area contributed by atoms with Crippen molar-refractivity contribution in [2.75, 3.05) is 11.5 Å². The highest BCUT2D eigenvalue weighted by Crippen LogP contribution is 2.17. The van der Waals surface area contributed by atoms with Crippen LogP contribution in [0.2, 0.25) is 0 Å². The van der Waals surface area contributed by atoms with Crippen LogP contribution < -0.4 is 5.73 Å². The van der Waals surface area contributed by atoms with Crippen LogP contribution in [0, 0.1) is 0 Å². The van der Waals surface area contributed by atoms with Gasteiger partial charge in [-0.05, 0) is 31.2 Å². The van der Waals surface area contributed by atoms with Gasteiger partial charge in [-0.15, -0.1) is 0 Å². The molecule has 0 saturated carbocycles. The Morgan fingerprint density at radius 2 is 1.92 bits per heavy atom. The van der Waals surface area contributed by atoms with Crippen molar-refractivity contribution < 1.29 is 8.76 Å². The maximum Gasteiger partial charge on any atom is 0.247 e. The molecule has 0 aliphatic carbocycles. The van der Waals surface area contributed by atoms with Gasteiger partial charge in [-0.3, -0.25) is 0 Å². The lowest BCUT2D eigenvalue weighted by Crippen LogP contribution is -2.11. The van der Waals surface area contributed by atoms with Gasteiger partial charge < -0.3 is 5.73 Å². The SMILES string of the molecule is CC[S+](=O)(O)c1ccc(N)cc1. The minimum atomic E-state index is -2.82. The van der Waals surface area contributed by atoms with E-state index in [4.69, 9.17) is 5.73 Å². The van der Waals surface area contributed by atoms with E-state index in [1.165, 1.54) is 0 Å². The topological polar surface area (TPSA) is 63.3 Å². The Labute approximate surface area is 72.8 Å². The molecule has 0 saturated heterocycles. The fourth-order valence-electron chi connectivity index (χ4n) is 0.847. The summed E-state index contributed by atoms with van der Waals surface area (Å²) in [4.78, 5) is 0.444. The van der Waals surface area contributed by atoms with E-state index in [0.29, 0.717) is 10.6 Å². The number of nitrogens with two attached hydrogens (primary N) is 1. The first-order valence-corrected chi connectivity index (χ1v) is 5.34. The smallest absolute Gasteiger partial charge is 0.247 e. The van der Waals surface area contributed by atoms with E-state index >= 15 is 0 Å². The molecule has 4 heteroatoms. The lowest BCUT2D eigenvalue weighted by Gasteiger charge is -2.00. The van der Waals surface area contributed by atoms with E-state index in [0.717, 1.165) is 0 Å². The molecule has 0 aliphatic heterocycles. The van der Waals surface area contributed by atoms with Crippen LogP contribution in [0.25, 0.3) is 0 Å². The predicted octanol–water partition coefficient (Wildman–Crippen LogP) is 1.62. The maximum absolute atomic E-state index is 11.4. The molecule has 0 heterocycles. The highest BCUT2D eigenvalue weighted by Gasteiger charge is 2.25. The third-order valence-electron chi connectivity index (χ3n) is 1.64. The Balaban J connectivity index is 3.05. The van der Waals surface area contributed by atoms with E-state index in [1.807, 2.05) is 0 Å². The number of benzene rings is 1. The molecule has 66 valence electrons. The molecule has 1 aromatic carbocycles. The molecule has 0 aromatic heterocycles. The molecule has 1 unspecified atom stereocenters. The Morgan fingerprint density at radius 3 is 2.33 bits per heavy atom. The number of nitrogen functional groups attached to an aromatic ring is 1. The lowest BCUT2D eigenvalue weighted by atomic mass is 10.3. The summed E-state index contributed by atoms with van der Waals surface area (Å²) in [6, 6.07) is 6.42. The monoisotopic (exact) mass is 186 g/mol. The van der Waals surface area contributed by atoms with E-state index < -0.39 is 10.2 Å². The molecule has 0 bridgehead atoms. The van der Waals surface area contributed by atoms with Crippen LogP contribution in [0.15, 0.2) is 29.2 Å². The molecule has 1 rings (SSSR count). The largest absolute Gasteiger partial charge is 0.399 e. The first-order valence-electron chi connectivity index (χ1n) is 3.66. The van der Waals surface area contributed by atoms with Gasteiger partial charge in [0, 0.05) is 5.69 Å². The summed E-state index contributed by atoms with van der Waals surface area (Å²) in [5.41, 5.74) is 6.04. The number of hydrogen-bond donors (Lipinski definition) is 2. The Kier molecular flexibility index (Phi) is 2.49. The van der Waals surface area contributed by atoms with Crippen molar-refractivity contribution in [3.05, 3.63) is 24.3 Å². The molecule has 0 radical (unpaired) electrons. The van der Waals surface area contributed by atoms with Crippen LogP contribution in [-0.4, -0.2) is 10.3 Å². The van der Waals surface area contributed by atoms with Crippen molar-refractivity contribution >= 4 is 15.9 Å². The Morgan fingerprint density at radius 1 is 1.42 bits per heavy atom. The molecule has 0 amide bonds. The second kappa shape index (κ2) is 3.25. The summed E-state index contributed by atoms with van der Waals surface area (Å²) in [5.74, 6) is 0.233. The molecule has 0 aliphatic rings. The van der Waals surface area contributed by atoms with Crippen LogP contribution >= 0.6 is 0 Å². The average Bonchev–Trinajstić information content (AvgIpc) is 2.05. The summed E-state index contributed by atoms with van der Waals surface area (Å²) in [6.07, 6.45) is 0.